The molecular weight excluding hydrogens is 466 g/mol. The zero-order valence-electron chi connectivity index (χ0n) is 19.1. The van der Waals surface area contributed by atoms with E-state index in [1.165, 1.54) is 12.1 Å². The molecule has 186 valence electrons. The number of esters is 2. The van der Waals surface area contributed by atoms with Crippen LogP contribution in [0.5, 0.6) is 0 Å². The van der Waals surface area contributed by atoms with Crippen LogP contribution in [0.4, 0.5) is 0 Å². The first kappa shape index (κ1) is 25.1. The van der Waals surface area contributed by atoms with E-state index in [0.29, 0.717) is 11.1 Å². The second kappa shape index (κ2) is 11.6. The third-order valence-corrected chi connectivity index (χ3v) is 5.67. The fourth-order valence-electron chi connectivity index (χ4n) is 3.77. The Hall–Kier alpha value is -4.05. The van der Waals surface area contributed by atoms with Gasteiger partial charge in [0.15, 0.2) is 12.4 Å². The van der Waals surface area contributed by atoms with Crippen molar-refractivity contribution in [1.29, 1.82) is 0 Å². The highest BCUT2D eigenvalue weighted by molar-refractivity contribution is 5.94. The van der Waals surface area contributed by atoms with Gasteiger partial charge in [0.2, 0.25) is 0 Å². The quantitative estimate of drug-likeness (QED) is 0.428. The predicted molar refractivity (Wildman–Crippen MR) is 127 cm³/mol. The number of hydrogen-bond donors (Lipinski definition) is 3. The lowest BCUT2D eigenvalue weighted by Gasteiger charge is -2.42. The Balaban J connectivity index is 1.52. The van der Waals surface area contributed by atoms with Crippen molar-refractivity contribution < 1.29 is 38.8 Å². The number of carbonyl (C=O) groups excluding carboxylic acids is 3. The summed E-state index contributed by atoms with van der Waals surface area (Å²) in [5, 5.41) is 24.3. The number of benzene rings is 3. The molecule has 0 aliphatic carbocycles. The van der Waals surface area contributed by atoms with E-state index >= 15 is 0 Å². The number of carbonyl (C=O) groups is 3. The minimum atomic E-state index is -1.67. The largest absolute Gasteiger partial charge is 0.459 e. The molecule has 9 nitrogen and oxygen atoms in total. The van der Waals surface area contributed by atoms with Crippen molar-refractivity contribution in [3.8, 4) is 0 Å². The zero-order chi connectivity index (χ0) is 25.5. The van der Waals surface area contributed by atoms with Crippen molar-refractivity contribution >= 4 is 17.8 Å². The van der Waals surface area contributed by atoms with Gasteiger partial charge in [-0.15, -0.1) is 0 Å². The molecule has 1 amide bonds. The Labute approximate surface area is 207 Å². The van der Waals surface area contributed by atoms with Crippen LogP contribution < -0.4 is 5.32 Å². The molecule has 4 rings (SSSR count). The molecule has 0 radical (unpaired) electrons. The lowest BCUT2D eigenvalue weighted by molar-refractivity contribution is -0.252. The Morgan fingerprint density at radius 1 is 0.750 bits per heavy atom. The maximum absolute atomic E-state index is 12.8. The second-order valence-electron chi connectivity index (χ2n) is 8.12. The van der Waals surface area contributed by atoms with E-state index in [4.69, 9.17) is 14.2 Å². The van der Waals surface area contributed by atoms with Gasteiger partial charge in [0.05, 0.1) is 11.1 Å². The van der Waals surface area contributed by atoms with Crippen LogP contribution in [0.15, 0.2) is 91.0 Å². The van der Waals surface area contributed by atoms with Crippen molar-refractivity contribution in [2.24, 2.45) is 0 Å². The minimum Gasteiger partial charge on any atom is -0.459 e. The van der Waals surface area contributed by atoms with Crippen molar-refractivity contribution in [3.05, 3.63) is 108 Å². The van der Waals surface area contributed by atoms with Gasteiger partial charge in [-0.2, -0.15) is 0 Å². The number of rotatable bonds is 7. The van der Waals surface area contributed by atoms with Crippen LogP contribution in [0.3, 0.4) is 0 Å². The summed E-state index contributed by atoms with van der Waals surface area (Å²) in [7, 11) is 0. The van der Waals surface area contributed by atoms with Crippen LogP contribution in [-0.2, 0) is 14.2 Å². The first-order chi connectivity index (χ1) is 17.4. The molecule has 0 unspecified atom stereocenters. The number of nitrogens with one attached hydrogen (secondary N) is 1. The van der Waals surface area contributed by atoms with Crippen LogP contribution in [0.2, 0.25) is 0 Å². The van der Waals surface area contributed by atoms with Gasteiger partial charge in [-0.05, 0) is 36.4 Å². The van der Waals surface area contributed by atoms with Crippen LogP contribution in [0.1, 0.15) is 31.1 Å². The fraction of sp³-hybridized carbons (Fsp3) is 0.222. The van der Waals surface area contributed by atoms with Crippen molar-refractivity contribution in [2.45, 2.75) is 30.6 Å². The van der Waals surface area contributed by atoms with Gasteiger partial charge in [-0.3, -0.25) is 4.79 Å². The molecule has 5 atom stereocenters. The molecule has 1 aliphatic rings. The maximum atomic E-state index is 12.8. The second-order valence-corrected chi connectivity index (χ2v) is 8.12. The number of aliphatic hydroxyl groups excluding tert-OH is 2. The van der Waals surface area contributed by atoms with Gasteiger partial charge >= 0.3 is 11.9 Å². The molecule has 0 aromatic heterocycles. The highest BCUT2D eigenvalue weighted by atomic mass is 16.6. The first-order valence-corrected chi connectivity index (χ1v) is 11.3. The van der Waals surface area contributed by atoms with Crippen molar-refractivity contribution in [3.63, 3.8) is 0 Å². The summed E-state index contributed by atoms with van der Waals surface area (Å²) in [4.78, 5) is 37.8. The lowest BCUT2D eigenvalue weighted by Crippen LogP contribution is -2.65. The third kappa shape index (κ3) is 5.95. The Bertz CT molecular complexity index is 1170. The first-order valence-electron chi connectivity index (χ1n) is 11.3. The summed E-state index contributed by atoms with van der Waals surface area (Å²) in [6, 6.07) is 23.2. The van der Waals surface area contributed by atoms with E-state index in [0.717, 1.165) is 0 Å². The molecule has 1 aliphatic heterocycles. The van der Waals surface area contributed by atoms with Gasteiger partial charge < -0.3 is 29.7 Å². The molecule has 1 saturated heterocycles. The molecule has 36 heavy (non-hydrogen) atoms. The summed E-state index contributed by atoms with van der Waals surface area (Å²) in [6.45, 7) is -0.426. The molecule has 0 saturated carbocycles. The van der Waals surface area contributed by atoms with E-state index in [1.54, 1.807) is 78.9 Å². The van der Waals surface area contributed by atoms with Gasteiger partial charge in [0, 0.05) is 5.56 Å². The van der Waals surface area contributed by atoms with Crippen molar-refractivity contribution in [2.75, 3.05) is 6.61 Å². The van der Waals surface area contributed by atoms with E-state index < -0.39 is 55.1 Å². The molecule has 1 fully saturated rings. The number of amides is 1. The average molecular weight is 491 g/mol. The van der Waals surface area contributed by atoms with Gasteiger partial charge in [-0.1, -0.05) is 54.6 Å². The molecule has 3 aromatic rings. The third-order valence-electron chi connectivity index (χ3n) is 5.67. The lowest BCUT2D eigenvalue weighted by atomic mass is 9.96. The molecule has 0 bridgehead atoms. The molecule has 3 aromatic carbocycles. The maximum Gasteiger partial charge on any atom is 0.338 e. The smallest absolute Gasteiger partial charge is 0.338 e. The topological polar surface area (TPSA) is 131 Å². The Kier molecular flexibility index (Phi) is 8.06. The molecule has 3 N–H and O–H groups in total. The SMILES string of the molecule is O=C(N[C@@H]1[C@@H](OC(=O)c2ccccc2)[C@H](O)[C@@H](COC(=O)c2ccccc2)O[C@@H]1O)c1ccccc1. The summed E-state index contributed by atoms with van der Waals surface area (Å²) < 4.78 is 16.3. The monoisotopic (exact) mass is 491 g/mol. The summed E-state index contributed by atoms with van der Waals surface area (Å²) in [5.74, 6) is -1.99. The normalized spacial score (nSPS) is 23.3. The standard InChI is InChI=1S/C27H25NO8/c29-22-20(16-34-25(31)18-12-6-2-7-13-18)35-27(33)21(28-24(30)17-10-4-1-5-11-17)23(22)36-26(32)19-14-8-3-9-15-19/h1-15,20-23,27,29,33H,16H2,(H,28,30)/t20-,21-,22-,23-,27+/m1/s1. The van der Waals surface area contributed by atoms with Gasteiger partial charge in [0.1, 0.15) is 24.9 Å². The fourth-order valence-corrected chi connectivity index (χ4v) is 3.77. The summed E-state index contributed by atoms with van der Waals surface area (Å²) >= 11 is 0. The Morgan fingerprint density at radius 3 is 1.81 bits per heavy atom. The van der Waals surface area contributed by atoms with Gasteiger partial charge in [-0.25, -0.2) is 9.59 Å². The summed E-state index contributed by atoms with van der Waals surface area (Å²) in [5.41, 5.74) is 0.806. The van der Waals surface area contributed by atoms with Crippen LogP contribution in [0.25, 0.3) is 0 Å². The molecule has 9 heteroatoms. The van der Waals surface area contributed by atoms with Crippen LogP contribution in [-0.4, -0.2) is 65.3 Å². The minimum absolute atomic E-state index is 0.214. The highest BCUT2D eigenvalue weighted by Crippen LogP contribution is 2.25. The van der Waals surface area contributed by atoms with E-state index in [2.05, 4.69) is 5.32 Å². The summed E-state index contributed by atoms with van der Waals surface area (Å²) in [6.07, 6.45) is -5.85. The number of ether oxygens (including phenoxy) is 3. The van der Waals surface area contributed by atoms with Gasteiger partial charge in [0.25, 0.3) is 5.91 Å². The van der Waals surface area contributed by atoms with E-state index in [9.17, 15) is 24.6 Å². The van der Waals surface area contributed by atoms with E-state index in [1.807, 2.05) is 0 Å². The number of aliphatic hydroxyl groups is 2. The highest BCUT2D eigenvalue weighted by Gasteiger charge is 2.48. The predicted octanol–water partition coefficient (Wildman–Crippen LogP) is 1.95. The average Bonchev–Trinajstić information content (AvgIpc) is 2.92. The van der Waals surface area contributed by atoms with Crippen LogP contribution in [0, 0.1) is 0 Å². The Morgan fingerprint density at radius 2 is 1.25 bits per heavy atom. The van der Waals surface area contributed by atoms with E-state index in [-0.39, 0.29) is 5.56 Å². The zero-order valence-corrected chi connectivity index (χ0v) is 19.1. The molecule has 1 heterocycles. The molecular formula is C27H25NO8. The van der Waals surface area contributed by atoms with Crippen LogP contribution >= 0.6 is 0 Å². The number of hydrogen-bond acceptors (Lipinski definition) is 8. The van der Waals surface area contributed by atoms with Crippen molar-refractivity contribution in [1.82, 2.24) is 5.32 Å². The molecule has 0 spiro atoms.